The summed E-state index contributed by atoms with van der Waals surface area (Å²) in [4.78, 5) is 16.5. The first-order valence-electron chi connectivity index (χ1n) is 6.64. The van der Waals surface area contributed by atoms with Crippen molar-refractivity contribution in [2.45, 2.75) is 19.5 Å². The fourth-order valence-corrected chi connectivity index (χ4v) is 2.09. The highest BCUT2D eigenvalue weighted by atomic mass is 15.1. The summed E-state index contributed by atoms with van der Waals surface area (Å²) in [6.45, 7) is 2.72. The van der Waals surface area contributed by atoms with Crippen molar-refractivity contribution in [3.05, 3.63) is 48.9 Å². The highest BCUT2D eigenvalue weighted by molar-refractivity contribution is 5.68. The number of pyridine rings is 1. The van der Waals surface area contributed by atoms with Crippen molar-refractivity contribution < 1.29 is 0 Å². The van der Waals surface area contributed by atoms with E-state index in [1.807, 2.05) is 30.9 Å². The minimum Gasteiger partial charge on any atom is -0.315 e. The summed E-state index contributed by atoms with van der Waals surface area (Å²) in [5, 5.41) is 3.42. The number of nitrogens with one attached hydrogen (secondary N) is 1. The minimum atomic E-state index is 0.845. The molecule has 102 valence electrons. The zero-order valence-electron chi connectivity index (χ0n) is 11.1. The number of rotatable bonds is 6. The molecule has 0 aliphatic heterocycles. The lowest BCUT2D eigenvalue weighted by atomic mass is 10.2. The molecule has 6 heteroatoms. The molecule has 0 unspecified atom stereocenters. The van der Waals surface area contributed by atoms with Crippen LogP contribution in [-0.4, -0.2) is 31.0 Å². The molecular weight excluding hydrogens is 252 g/mol. The molecule has 3 aromatic heterocycles. The molecule has 3 aromatic rings. The molecule has 0 spiro atoms. The summed E-state index contributed by atoms with van der Waals surface area (Å²) in [6.07, 6.45) is 9.77. The third-order valence-corrected chi connectivity index (χ3v) is 3.11. The van der Waals surface area contributed by atoms with Gasteiger partial charge in [-0.15, -0.1) is 0 Å². The number of hydrogen-bond acceptors (Lipinski definition) is 5. The van der Waals surface area contributed by atoms with Crippen LogP contribution in [0.1, 0.15) is 12.0 Å². The lowest BCUT2D eigenvalue weighted by Gasteiger charge is -2.06. The summed E-state index contributed by atoms with van der Waals surface area (Å²) >= 11 is 0. The SMILES string of the molecule is c1cc(CNCCCn2cnc3cncnc32)ccn1. The van der Waals surface area contributed by atoms with Gasteiger partial charge in [0.15, 0.2) is 5.65 Å². The summed E-state index contributed by atoms with van der Waals surface area (Å²) in [6, 6.07) is 4.04. The Balaban J connectivity index is 1.46. The largest absolute Gasteiger partial charge is 0.315 e. The third-order valence-electron chi connectivity index (χ3n) is 3.11. The van der Waals surface area contributed by atoms with Gasteiger partial charge in [0.05, 0.1) is 12.5 Å². The normalized spacial score (nSPS) is 11.0. The molecule has 0 fully saturated rings. The van der Waals surface area contributed by atoms with Gasteiger partial charge in [-0.05, 0) is 30.7 Å². The van der Waals surface area contributed by atoms with Crippen LogP contribution in [-0.2, 0) is 13.1 Å². The zero-order valence-corrected chi connectivity index (χ0v) is 11.1. The van der Waals surface area contributed by atoms with Crippen LogP contribution in [0.5, 0.6) is 0 Å². The van der Waals surface area contributed by atoms with Crippen LogP contribution in [0.15, 0.2) is 43.4 Å². The molecule has 0 atom stereocenters. The topological polar surface area (TPSA) is 68.5 Å². The van der Waals surface area contributed by atoms with E-state index in [4.69, 9.17) is 0 Å². The van der Waals surface area contributed by atoms with Gasteiger partial charge in [0.1, 0.15) is 11.8 Å². The molecule has 3 heterocycles. The van der Waals surface area contributed by atoms with Gasteiger partial charge in [0.25, 0.3) is 0 Å². The Kier molecular flexibility index (Phi) is 3.93. The molecule has 1 N–H and O–H groups in total. The van der Waals surface area contributed by atoms with Crippen molar-refractivity contribution in [3.8, 4) is 0 Å². The summed E-state index contributed by atoms with van der Waals surface area (Å²) in [5.74, 6) is 0. The Morgan fingerprint density at radius 3 is 2.90 bits per heavy atom. The Hall–Kier alpha value is -2.34. The van der Waals surface area contributed by atoms with Crippen LogP contribution in [0.4, 0.5) is 0 Å². The Morgan fingerprint density at radius 1 is 1.10 bits per heavy atom. The van der Waals surface area contributed by atoms with Crippen molar-refractivity contribution >= 4 is 11.2 Å². The molecule has 20 heavy (non-hydrogen) atoms. The van der Waals surface area contributed by atoms with E-state index in [0.29, 0.717) is 0 Å². The van der Waals surface area contributed by atoms with Gasteiger partial charge < -0.3 is 9.88 Å². The van der Waals surface area contributed by atoms with E-state index >= 15 is 0 Å². The molecular formula is C14H16N6. The second-order valence-corrected chi connectivity index (χ2v) is 4.56. The smallest absolute Gasteiger partial charge is 0.163 e. The molecule has 0 aliphatic rings. The predicted octanol–water partition coefficient (Wildman–Crippen LogP) is 1.40. The number of hydrogen-bond donors (Lipinski definition) is 1. The van der Waals surface area contributed by atoms with E-state index < -0.39 is 0 Å². The van der Waals surface area contributed by atoms with E-state index in [9.17, 15) is 0 Å². The number of aromatic nitrogens is 5. The average molecular weight is 268 g/mol. The maximum Gasteiger partial charge on any atom is 0.163 e. The van der Waals surface area contributed by atoms with Crippen LogP contribution in [0.25, 0.3) is 11.2 Å². The van der Waals surface area contributed by atoms with Gasteiger partial charge in [-0.3, -0.25) is 4.98 Å². The number of imidazole rings is 1. The molecule has 0 saturated heterocycles. The van der Waals surface area contributed by atoms with Crippen molar-refractivity contribution in [2.75, 3.05) is 6.54 Å². The van der Waals surface area contributed by atoms with Crippen LogP contribution in [0.2, 0.25) is 0 Å². The predicted molar refractivity (Wildman–Crippen MR) is 75.9 cm³/mol. The standard InChI is InChI=1S/C14H16N6/c1(4-16-8-12-2-5-15-6-3-12)7-20-11-19-13-9-17-10-18-14(13)20/h2-3,5-6,9-11,16H,1,4,7-8H2. The van der Waals surface area contributed by atoms with Crippen molar-refractivity contribution in [1.29, 1.82) is 0 Å². The summed E-state index contributed by atoms with van der Waals surface area (Å²) in [5.41, 5.74) is 2.99. The number of fused-ring (bicyclic) bond motifs is 1. The maximum atomic E-state index is 4.28. The molecule has 0 saturated carbocycles. The average Bonchev–Trinajstić information content (AvgIpc) is 2.91. The molecule has 6 nitrogen and oxygen atoms in total. The second kappa shape index (κ2) is 6.21. The van der Waals surface area contributed by atoms with Gasteiger partial charge in [-0.1, -0.05) is 0 Å². The highest BCUT2D eigenvalue weighted by Crippen LogP contribution is 2.07. The fraction of sp³-hybridized carbons (Fsp3) is 0.286. The quantitative estimate of drug-likeness (QED) is 0.684. The highest BCUT2D eigenvalue weighted by Gasteiger charge is 2.02. The summed E-state index contributed by atoms with van der Waals surface area (Å²) < 4.78 is 2.06. The third kappa shape index (κ3) is 2.97. The van der Waals surface area contributed by atoms with E-state index in [2.05, 4.69) is 29.8 Å². The van der Waals surface area contributed by atoms with Crippen LogP contribution >= 0.6 is 0 Å². The van der Waals surface area contributed by atoms with Gasteiger partial charge >= 0.3 is 0 Å². The first kappa shape index (κ1) is 12.7. The van der Waals surface area contributed by atoms with Crippen molar-refractivity contribution in [1.82, 2.24) is 29.8 Å². The van der Waals surface area contributed by atoms with E-state index in [0.717, 1.165) is 37.2 Å². The molecule has 0 bridgehead atoms. The Morgan fingerprint density at radius 2 is 2.00 bits per heavy atom. The molecule has 0 aliphatic carbocycles. The number of nitrogens with zero attached hydrogens (tertiary/aromatic N) is 5. The van der Waals surface area contributed by atoms with Gasteiger partial charge in [0.2, 0.25) is 0 Å². The van der Waals surface area contributed by atoms with Crippen molar-refractivity contribution in [3.63, 3.8) is 0 Å². The van der Waals surface area contributed by atoms with Gasteiger partial charge in [0, 0.05) is 25.5 Å². The lowest BCUT2D eigenvalue weighted by Crippen LogP contribution is -2.16. The van der Waals surface area contributed by atoms with Crippen LogP contribution in [0, 0.1) is 0 Å². The molecule has 3 rings (SSSR count). The fourth-order valence-electron chi connectivity index (χ4n) is 2.09. The van der Waals surface area contributed by atoms with Gasteiger partial charge in [-0.25, -0.2) is 15.0 Å². The molecule has 0 aromatic carbocycles. The van der Waals surface area contributed by atoms with E-state index in [1.54, 1.807) is 12.5 Å². The Labute approximate surface area is 116 Å². The lowest BCUT2D eigenvalue weighted by molar-refractivity contribution is 0.586. The number of aryl methyl sites for hydroxylation is 1. The summed E-state index contributed by atoms with van der Waals surface area (Å²) in [7, 11) is 0. The first-order chi connectivity index (χ1) is 9.93. The van der Waals surface area contributed by atoms with E-state index in [-0.39, 0.29) is 0 Å². The second-order valence-electron chi connectivity index (χ2n) is 4.56. The van der Waals surface area contributed by atoms with Crippen LogP contribution in [0.3, 0.4) is 0 Å². The van der Waals surface area contributed by atoms with Gasteiger partial charge in [-0.2, -0.15) is 0 Å². The molecule has 0 amide bonds. The molecule has 0 radical (unpaired) electrons. The van der Waals surface area contributed by atoms with Crippen molar-refractivity contribution in [2.24, 2.45) is 0 Å². The zero-order chi connectivity index (χ0) is 13.6. The van der Waals surface area contributed by atoms with E-state index in [1.165, 1.54) is 5.56 Å². The van der Waals surface area contributed by atoms with Crippen LogP contribution < -0.4 is 5.32 Å². The Bertz CT molecular complexity index is 663. The first-order valence-corrected chi connectivity index (χ1v) is 6.64. The maximum absolute atomic E-state index is 4.28. The monoisotopic (exact) mass is 268 g/mol. The minimum absolute atomic E-state index is 0.845.